The van der Waals surface area contributed by atoms with Crippen LogP contribution >= 0.6 is 0 Å². The lowest BCUT2D eigenvalue weighted by Gasteiger charge is -2.33. The first kappa shape index (κ1) is 47.2. The molecular weight excluding hydrogens is 1020 g/mol. The van der Waals surface area contributed by atoms with Gasteiger partial charge in [0.05, 0.1) is 10.8 Å². The highest BCUT2D eigenvalue weighted by Gasteiger charge is 2.55. The topological polar surface area (TPSA) is 3.24 Å². The van der Waals surface area contributed by atoms with Gasteiger partial charge in [-0.3, -0.25) is 0 Å². The van der Waals surface area contributed by atoms with E-state index in [0.717, 1.165) is 17.1 Å². The lowest BCUT2D eigenvalue weighted by molar-refractivity contribution is 0.590. The summed E-state index contributed by atoms with van der Waals surface area (Å²) in [7, 11) is 0. The Hall–Kier alpha value is -10.3. The van der Waals surface area contributed by atoms with E-state index in [0.29, 0.717) is 0 Å². The van der Waals surface area contributed by atoms with E-state index >= 15 is 0 Å². The molecule has 0 fully saturated rings. The molecule has 15 aromatic rings. The third-order valence-corrected chi connectivity index (χ3v) is 20.3. The molecule has 0 N–H and O–H groups in total. The fraction of sp³-hybridized carbons (Fsp3) is 0.0714. The van der Waals surface area contributed by atoms with Gasteiger partial charge in [0, 0.05) is 17.1 Å². The van der Waals surface area contributed by atoms with Crippen molar-refractivity contribution in [1.82, 2.24) is 0 Å². The number of fused-ring (bicyclic) bond motifs is 34. The van der Waals surface area contributed by atoms with Crippen molar-refractivity contribution in [3.63, 3.8) is 0 Å². The van der Waals surface area contributed by atoms with Crippen LogP contribution in [0.1, 0.15) is 70.8 Å². The average molecular weight is 1080 g/mol. The second-order valence-electron chi connectivity index (χ2n) is 25.3. The zero-order valence-electron chi connectivity index (χ0n) is 47.5. The van der Waals surface area contributed by atoms with Crippen LogP contribution in [0.25, 0.3) is 109 Å². The minimum Gasteiger partial charge on any atom is -0.310 e. The zero-order valence-corrected chi connectivity index (χ0v) is 47.5. The Balaban J connectivity index is 0.907. The van der Waals surface area contributed by atoms with Crippen LogP contribution in [-0.2, 0) is 16.2 Å². The van der Waals surface area contributed by atoms with Gasteiger partial charge in [0.1, 0.15) is 0 Å². The lowest BCUT2D eigenvalue weighted by atomic mass is 9.68. The molecule has 0 saturated carbocycles. The molecule has 1 heteroatoms. The van der Waals surface area contributed by atoms with Crippen LogP contribution in [0, 0.1) is 0 Å². The predicted molar refractivity (Wildman–Crippen MR) is 357 cm³/mol. The summed E-state index contributed by atoms with van der Waals surface area (Å²) in [5.74, 6) is 0. The first-order valence-electron chi connectivity index (χ1n) is 30.2. The van der Waals surface area contributed by atoms with Crippen molar-refractivity contribution in [2.24, 2.45) is 0 Å². The van der Waals surface area contributed by atoms with E-state index in [1.165, 1.54) is 159 Å². The first-order chi connectivity index (χ1) is 41.8. The molecule has 0 saturated heterocycles. The molecule has 2 spiro atoms. The van der Waals surface area contributed by atoms with Crippen LogP contribution in [0.3, 0.4) is 0 Å². The summed E-state index contributed by atoms with van der Waals surface area (Å²) in [4.78, 5) is 2.53. The smallest absolute Gasteiger partial charge is 0.0737 e. The second-order valence-corrected chi connectivity index (χ2v) is 25.3. The Bertz CT molecular complexity index is 5070. The average Bonchev–Trinajstić information content (AvgIpc) is 1.58. The molecule has 0 atom stereocenters. The van der Waals surface area contributed by atoms with Gasteiger partial charge in [0.2, 0.25) is 0 Å². The van der Waals surface area contributed by atoms with Gasteiger partial charge in [-0.2, -0.15) is 0 Å². The quantitative estimate of drug-likeness (QED) is 0.159. The fourth-order valence-electron chi connectivity index (χ4n) is 17.1. The number of rotatable bonds is 3. The molecular formula is C84H55N. The van der Waals surface area contributed by atoms with Crippen molar-refractivity contribution in [3.8, 4) is 44.5 Å². The van der Waals surface area contributed by atoms with E-state index in [-0.39, 0.29) is 5.41 Å². The number of anilines is 3. The van der Waals surface area contributed by atoms with Crippen molar-refractivity contribution in [3.05, 3.63) is 329 Å². The minimum atomic E-state index is -0.561. The normalized spacial score (nSPS) is 14.2. The Labute approximate surface area is 494 Å². The third-order valence-electron chi connectivity index (χ3n) is 20.3. The van der Waals surface area contributed by atoms with Crippen molar-refractivity contribution in [1.29, 1.82) is 0 Å². The summed E-state index contributed by atoms with van der Waals surface area (Å²) in [6, 6.07) is 107. The molecule has 85 heavy (non-hydrogen) atoms. The maximum atomic E-state index is 2.53. The number of hydrogen-bond donors (Lipinski definition) is 0. The van der Waals surface area contributed by atoms with E-state index in [1.54, 1.807) is 0 Å². The minimum absolute atomic E-state index is 0.0134. The summed E-state index contributed by atoms with van der Waals surface area (Å²) in [6.45, 7) is 6.93. The van der Waals surface area contributed by atoms with Crippen molar-refractivity contribution in [2.75, 3.05) is 4.90 Å². The van der Waals surface area contributed by atoms with Crippen molar-refractivity contribution < 1.29 is 0 Å². The number of benzene rings is 15. The van der Waals surface area contributed by atoms with Crippen molar-refractivity contribution in [2.45, 2.75) is 37.0 Å². The Morgan fingerprint density at radius 2 is 0.588 bits per heavy atom. The first-order valence-corrected chi connectivity index (χ1v) is 30.2. The SMILES string of the molecule is CC(C)(C)c1ccc(N(c2ccc3c4c(c5ccccc5c3c2)-c2ccc3ccccc3c2C42c3ccccc3-c3ccccc32)c2ccc3c4c(c5ccccc5c3c2)-c2ccc3ccccc3c2C42c3ccccc3-c3ccccc32)cc1. The van der Waals surface area contributed by atoms with Crippen LogP contribution in [0.2, 0.25) is 0 Å². The second kappa shape index (κ2) is 16.7. The standard InChI is InChI=1S/C84H55N/c1-82(2,3)52-38-40-53(41-39-52)85(54-42-46-66-70(48-54)58-24-8-10-30-64(58)76-68-44-36-50-20-4-6-22-56(50)78(68)83(80(66)76)72-32-16-12-26-60(72)61-27-13-17-33-73(61)83)55-43-47-67-71(49-55)59-25-9-11-31-65(59)77-69-45-37-51-21-5-7-23-57(51)79(69)84(81(67)77)74-34-18-14-28-62(74)63-29-15-19-35-75(63)84/h4-49H,1-3H3. The van der Waals surface area contributed by atoms with Crippen molar-refractivity contribution >= 4 is 81.7 Å². The molecule has 396 valence electrons. The summed E-state index contributed by atoms with van der Waals surface area (Å²) in [5.41, 5.74) is 25.0. The summed E-state index contributed by atoms with van der Waals surface area (Å²) in [5, 5.41) is 15.3. The van der Waals surface area contributed by atoms with E-state index in [9.17, 15) is 0 Å². The molecule has 4 aliphatic rings. The maximum Gasteiger partial charge on any atom is 0.0737 e. The van der Waals surface area contributed by atoms with Crippen LogP contribution in [0.15, 0.2) is 279 Å². The third kappa shape index (κ3) is 5.88. The van der Waals surface area contributed by atoms with Gasteiger partial charge in [0.25, 0.3) is 0 Å². The van der Waals surface area contributed by atoms with Crippen LogP contribution in [0.5, 0.6) is 0 Å². The molecule has 1 nitrogen and oxygen atoms in total. The highest BCUT2D eigenvalue weighted by Crippen LogP contribution is 2.69. The maximum absolute atomic E-state index is 2.53. The summed E-state index contributed by atoms with van der Waals surface area (Å²) < 4.78 is 0. The molecule has 0 radical (unpaired) electrons. The Morgan fingerprint density at radius 3 is 0.988 bits per heavy atom. The molecule has 0 amide bonds. The number of hydrogen-bond acceptors (Lipinski definition) is 1. The van der Waals surface area contributed by atoms with Gasteiger partial charge in [-0.15, -0.1) is 0 Å². The fourth-order valence-corrected chi connectivity index (χ4v) is 17.1. The summed E-state index contributed by atoms with van der Waals surface area (Å²) >= 11 is 0. The van der Waals surface area contributed by atoms with Gasteiger partial charge in [-0.05, 0) is 201 Å². The predicted octanol–water partition coefficient (Wildman–Crippen LogP) is 22.1. The largest absolute Gasteiger partial charge is 0.310 e. The van der Waals surface area contributed by atoms with E-state index in [2.05, 4.69) is 305 Å². The van der Waals surface area contributed by atoms with Gasteiger partial charge >= 0.3 is 0 Å². The molecule has 19 rings (SSSR count). The van der Waals surface area contributed by atoms with Gasteiger partial charge in [-0.1, -0.05) is 263 Å². The molecule has 4 aliphatic carbocycles. The highest BCUT2D eigenvalue weighted by molar-refractivity contribution is 6.24. The molecule has 0 heterocycles. The Morgan fingerprint density at radius 1 is 0.247 bits per heavy atom. The summed E-state index contributed by atoms with van der Waals surface area (Å²) in [6.07, 6.45) is 0. The molecule has 0 unspecified atom stereocenters. The van der Waals surface area contributed by atoms with Crippen LogP contribution in [-0.4, -0.2) is 0 Å². The van der Waals surface area contributed by atoms with Crippen LogP contribution in [0.4, 0.5) is 17.1 Å². The van der Waals surface area contributed by atoms with Crippen LogP contribution < -0.4 is 4.90 Å². The highest BCUT2D eigenvalue weighted by atomic mass is 15.1. The zero-order chi connectivity index (χ0) is 56.1. The lowest BCUT2D eigenvalue weighted by Crippen LogP contribution is -2.26. The van der Waals surface area contributed by atoms with Gasteiger partial charge in [0.15, 0.2) is 0 Å². The molecule has 15 aromatic carbocycles. The van der Waals surface area contributed by atoms with Gasteiger partial charge in [-0.25, -0.2) is 0 Å². The molecule has 0 aromatic heterocycles. The molecule has 0 bridgehead atoms. The monoisotopic (exact) mass is 1080 g/mol. The number of nitrogens with zero attached hydrogens (tertiary/aromatic N) is 1. The van der Waals surface area contributed by atoms with E-state index in [1.807, 2.05) is 0 Å². The van der Waals surface area contributed by atoms with E-state index in [4.69, 9.17) is 0 Å². The van der Waals surface area contributed by atoms with E-state index < -0.39 is 10.8 Å². The Kier molecular flexibility index (Phi) is 9.26. The molecule has 0 aliphatic heterocycles. The van der Waals surface area contributed by atoms with Gasteiger partial charge < -0.3 is 4.90 Å².